The smallest absolute Gasteiger partial charge is 0.385 e. The summed E-state index contributed by atoms with van der Waals surface area (Å²) in [7, 11) is 0. The molecule has 208 valence electrons. The maximum atomic E-state index is 12.4. The van der Waals surface area contributed by atoms with Crippen LogP contribution in [-0.2, 0) is 33.6 Å². The predicted octanol–water partition coefficient (Wildman–Crippen LogP) is 5.88. The molecule has 7 nitrogen and oxygen atoms in total. The quantitative estimate of drug-likeness (QED) is 0.235. The first kappa shape index (κ1) is 29.0. The van der Waals surface area contributed by atoms with Crippen LogP contribution >= 0.6 is 11.5 Å². The van der Waals surface area contributed by atoms with Crippen LogP contribution in [0.4, 0.5) is 13.2 Å². The Morgan fingerprint density at radius 2 is 1.98 bits per heavy atom. The van der Waals surface area contributed by atoms with Crippen LogP contribution in [-0.4, -0.2) is 45.0 Å². The molecule has 0 bridgehead atoms. The molecule has 40 heavy (non-hydrogen) atoms. The zero-order chi connectivity index (χ0) is 29.0. The molecule has 0 fully saturated rings. The highest BCUT2D eigenvalue weighted by Gasteiger charge is 2.44. The monoisotopic (exact) mass is 568 g/mol. The number of carbonyl (C=O) groups excluding carboxylic acids is 2. The van der Waals surface area contributed by atoms with E-state index in [1.54, 1.807) is 6.20 Å². The third kappa shape index (κ3) is 6.39. The summed E-state index contributed by atoms with van der Waals surface area (Å²) in [6.45, 7) is 6.56. The van der Waals surface area contributed by atoms with E-state index in [1.807, 2.05) is 43.3 Å². The molecule has 2 aromatic carbocycles. The van der Waals surface area contributed by atoms with E-state index in [4.69, 9.17) is 4.98 Å². The lowest BCUT2D eigenvalue weighted by atomic mass is 9.95. The van der Waals surface area contributed by atoms with Crippen LogP contribution in [0.15, 0.2) is 48.7 Å². The second-order valence-corrected chi connectivity index (χ2v) is 10.5. The van der Waals surface area contributed by atoms with Crippen molar-refractivity contribution < 1.29 is 27.5 Å². The molecule has 1 aliphatic heterocycles. The summed E-state index contributed by atoms with van der Waals surface area (Å²) >= 11 is 1.26. The number of halogens is 3. The molecule has 3 aromatic rings. The van der Waals surface area contributed by atoms with Gasteiger partial charge in [-0.1, -0.05) is 51.1 Å². The van der Waals surface area contributed by atoms with Gasteiger partial charge >= 0.3 is 18.1 Å². The third-order valence-corrected chi connectivity index (χ3v) is 7.29. The Balaban J connectivity index is 1.49. The van der Waals surface area contributed by atoms with Crippen LogP contribution in [0.1, 0.15) is 43.0 Å². The van der Waals surface area contributed by atoms with Crippen LogP contribution in [0, 0.1) is 17.2 Å². The Bertz CT molecular complexity index is 1490. The van der Waals surface area contributed by atoms with Crippen LogP contribution in [0.25, 0.3) is 22.0 Å². The number of nitrogens with zero attached hydrogens (tertiary/aromatic N) is 4. The lowest BCUT2D eigenvalue weighted by Gasteiger charge is -2.33. The SMILES string of the molecule is CCc1c(CCN2C=CC2C(=O)OC(=O)C(F)(F)F)cccc1-c1nsc(-c2ccc(CC(C)C)c(C#N)c2)n1. The number of hydrogen-bond acceptors (Lipinski definition) is 8. The van der Waals surface area contributed by atoms with Gasteiger partial charge < -0.3 is 9.64 Å². The summed E-state index contributed by atoms with van der Waals surface area (Å²) in [5.74, 6) is -2.78. The average molecular weight is 569 g/mol. The Kier molecular flexibility index (Phi) is 8.69. The van der Waals surface area contributed by atoms with Gasteiger partial charge in [-0.15, -0.1) is 0 Å². The first-order valence-electron chi connectivity index (χ1n) is 12.8. The van der Waals surface area contributed by atoms with E-state index >= 15 is 0 Å². The largest absolute Gasteiger partial charge is 0.491 e. The number of ether oxygens (including phenoxy) is 1. The Morgan fingerprint density at radius 3 is 2.60 bits per heavy atom. The molecule has 0 spiro atoms. The first-order valence-corrected chi connectivity index (χ1v) is 13.5. The predicted molar refractivity (Wildman–Crippen MR) is 144 cm³/mol. The van der Waals surface area contributed by atoms with Crippen molar-refractivity contribution in [3.63, 3.8) is 0 Å². The molecule has 0 N–H and O–H groups in total. The van der Waals surface area contributed by atoms with Gasteiger partial charge in [0.15, 0.2) is 5.82 Å². The molecule has 0 radical (unpaired) electrons. The minimum Gasteiger partial charge on any atom is -0.385 e. The molecule has 1 aromatic heterocycles. The summed E-state index contributed by atoms with van der Waals surface area (Å²) in [4.78, 5) is 29.3. The Morgan fingerprint density at radius 1 is 1.20 bits per heavy atom. The van der Waals surface area contributed by atoms with Crippen molar-refractivity contribution in [1.82, 2.24) is 14.3 Å². The molecule has 1 unspecified atom stereocenters. The summed E-state index contributed by atoms with van der Waals surface area (Å²) in [5.41, 5.74) is 5.34. The standard InChI is InChI=1S/C29H27F3N4O3S/c1-4-22-18(10-12-36-13-11-24(36)27(37)39-28(38)29(30,31)32)6-5-7-23(22)25-34-26(40-35-25)20-9-8-19(14-17(2)3)21(15-20)16-33/h5-9,11,13,15,17,24H,4,10,12,14H2,1-3H3. The summed E-state index contributed by atoms with van der Waals surface area (Å²) in [6, 6.07) is 12.8. The molecular weight excluding hydrogens is 541 g/mol. The van der Waals surface area contributed by atoms with E-state index in [9.17, 15) is 28.0 Å². The zero-order valence-electron chi connectivity index (χ0n) is 22.2. The highest BCUT2D eigenvalue weighted by atomic mass is 32.1. The molecule has 0 saturated carbocycles. The van der Waals surface area contributed by atoms with Crippen molar-refractivity contribution >= 4 is 23.5 Å². The highest BCUT2D eigenvalue weighted by Crippen LogP contribution is 2.31. The van der Waals surface area contributed by atoms with E-state index in [-0.39, 0.29) is 0 Å². The van der Waals surface area contributed by atoms with Gasteiger partial charge in [-0.3, -0.25) is 0 Å². The molecule has 0 saturated heterocycles. The van der Waals surface area contributed by atoms with Crippen molar-refractivity contribution in [2.24, 2.45) is 5.92 Å². The number of hydrogen-bond donors (Lipinski definition) is 0. The first-order chi connectivity index (χ1) is 19.0. The van der Waals surface area contributed by atoms with Gasteiger partial charge in [-0.2, -0.15) is 22.8 Å². The Hall–Kier alpha value is -4.04. The number of rotatable bonds is 9. The average Bonchev–Trinajstić information content (AvgIpc) is 3.37. The van der Waals surface area contributed by atoms with Gasteiger partial charge in [0.05, 0.1) is 11.6 Å². The van der Waals surface area contributed by atoms with Gasteiger partial charge in [-0.25, -0.2) is 14.6 Å². The van der Waals surface area contributed by atoms with Crippen molar-refractivity contribution in [1.29, 1.82) is 5.26 Å². The number of benzene rings is 2. The lowest BCUT2D eigenvalue weighted by Crippen LogP contribution is -2.46. The summed E-state index contributed by atoms with van der Waals surface area (Å²) < 4.78 is 45.8. The van der Waals surface area contributed by atoms with E-state index in [1.165, 1.54) is 22.5 Å². The molecule has 2 heterocycles. The lowest BCUT2D eigenvalue weighted by molar-refractivity contribution is -0.203. The molecule has 11 heteroatoms. The van der Waals surface area contributed by atoms with Crippen molar-refractivity contribution in [2.75, 3.05) is 6.54 Å². The third-order valence-electron chi connectivity index (χ3n) is 6.52. The van der Waals surface area contributed by atoms with E-state index in [0.717, 1.165) is 34.2 Å². The van der Waals surface area contributed by atoms with Gasteiger partial charge in [0, 0.05) is 17.7 Å². The normalized spacial score (nSPS) is 14.7. The molecule has 0 aliphatic carbocycles. The van der Waals surface area contributed by atoms with Gasteiger partial charge in [0.2, 0.25) is 0 Å². The second-order valence-electron chi connectivity index (χ2n) is 9.78. The molecule has 4 rings (SSSR count). The number of aromatic nitrogens is 2. The topological polar surface area (TPSA) is 96.2 Å². The summed E-state index contributed by atoms with van der Waals surface area (Å²) in [5, 5.41) is 10.3. The molecule has 1 atom stereocenters. The molecule has 1 aliphatic rings. The minimum atomic E-state index is -5.23. The van der Waals surface area contributed by atoms with E-state index < -0.39 is 24.2 Å². The van der Waals surface area contributed by atoms with Gasteiger partial charge in [0.25, 0.3) is 0 Å². The number of alkyl halides is 3. The molecule has 0 amide bonds. The number of esters is 2. The Labute approximate surface area is 234 Å². The van der Waals surface area contributed by atoms with Crippen LogP contribution in [0.5, 0.6) is 0 Å². The van der Waals surface area contributed by atoms with E-state index in [2.05, 4.69) is 29.0 Å². The number of nitriles is 1. The fraction of sp³-hybridized carbons (Fsp3) is 0.345. The van der Waals surface area contributed by atoms with Gasteiger partial charge in [-0.05, 0) is 71.7 Å². The zero-order valence-corrected chi connectivity index (χ0v) is 23.0. The van der Waals surface area contributed by atoms with Crippen molar-refractivity contribution in [2.45, 2.75) is 52.3 Å². The van der Waals surface area contributed by atoms with Crippen LogP contribution in [0.3, 0.4) is 0 Å². The molecular formula is C29H27F3N4O3S. The fourth-order valence-corrected chi connectivity index (χ4v) is 5.23. The van der Waals surface area contributed by atoms with E-state index in [0.29, 0.717) is 41.7 Å². The van der Waals surface area contributed by atoms with Gasteiger partial charge in [0.1, 0.15) is 11.0 Å². The van der Waals surface area contributed by atoms with Crippen molar-refractivity contribution in [3.8, 4) is 28.0 Å². The second kappa shape index (κ2) is 12.0. The van der Waals surface area contributed by atoms with Crippen LogP contribution < -0.4 is 0 Å². The fourth-order valence-electron chi connectivity index (χ4n) is 4.56. The van der Waals surface area contributed by atoms with Crippen molar-refractivity contribution in [3.05, 3.63) is 70.9 Å². The van der Waals surface area contributed by atoms with Crippen LogP contribution in [0.2, 0.25) is 0 Å². The number of carbonyl (C=O) groups is 2. The minimum absolute atomic E-state index is 0.336. The maximum absolute atomic E-state index is 12.4. The maximum Gasteiger partial charge on any atom is 0.491 e. The summed E-state index contributed by atoms with van der Waals surface area (Å²) in [6.07, 6.45) is -0.268. The highest BCUT2D eigenvalue weighted by molar-refractivity contribution is 7.09.